The molecule has 0 unspecified atom stereocenters. The van der Waals surface area contributed by atoms with Gasteiger partial charge in [0, 0.05) is 11.5 Å². The summed E-state index contributed by atoms with van der Waals surface area (Å²) in [5.74, 6) is 0.472. The Balaban J connectivity index is 2.43. The van der Waals surface area contributed by atoms with Gasteiger partial charge in [-0.25, -0.2) is 9.36 Å². The molecule has 2 aromatic heterocycles. The molecule has 3 aromatic rings. The van der Waals surface area contributed by atoms with E-state index in [0.717, 1.165) is 16.8 Å². The molecule has 0 radical (unpaired) electrons. The van der Waals surface area contributed by atoms with Gasteiger partial charge in [-0.15, -0.1) is 0 Å². The maximum Gasteiger partial charge on any atom is 0.354 e. The van der Waals surface area contributed by atoms with E-state index in [9.17, 15) is 4.79 Å². The Morgan fingerprint density at radius 1 is 1.10 bits per heavy atom. The number of hydrogen-bond donors (Lipinski definition) is 0. The van der Waals surface area contributed by atoms with Crippen LogP contribution >= 0.6 is 0 Å². The zero-order valence-corrected chi connectivity index (χ0v) is 11.9. The minimum atomic E-state index is -0.327. The Morgan fingerprint density at radius 2 is 1.86 bits per heavy atom. The highest BCUT2D eigenvalue weighted by atomic mass is 16.5. The van der Waals surface area contributed by atoms with Crippen LogP contribution in [-0.4, -0.2) is 21.6 Å². The second-order valence-corrected chi connectivity index (χ2v) is 4.59. The number of pyridine rings is 1. The van der Waals surface area contributed by atoms with Crippen molar-refractivity contribution < 1.29 is 4.74 Å². The average molecular weight is 281 g/mol. The molecule has 0 atom stereocenters. The predicted octanol–water partition coefficient (Wildman–Crippen LogP) is 2.35. The number of fused-ring (bicyclic) bond motifs is 1. The Bertz CT molecular complexity index is 841. The maximum atomic E-state index is 12.4. The smallest absolute Gasteiger partial charge is 0.354 e. The highest BCUT2D eigenvalue weighted by Gasteiger charge is 2.13. The number of nitrogens with zero attached hydrogens (tertiary/aromatic N) is 3. The van der Waals surface area contributed by atoms with Gasteiger partial charge >= 0.3 is 5.69 Å². The number of ether oxygens (including phenoxy) is 1. The van der Waals surface area contributed by atoms with Crippen molar-refractivity contribution in [3.8, 4) is 11.6 Å². The fourth-order valence-corrected chi connectivity index (χ4v) is 2.34. The van der Waals surface area contributed by atoms with Gasteiger partial charge in [0.05, 0.1) is 18.5 Å². The number of aromatic nitrogens is 3. The predicted molar refractivity (Wildman–Crippen MR) is 81.1 cm³/mol. The lowest BCUT2D eigenvalue weighted by Crippen LogP contribution is -2.24. The molecule has 0 N–H and O–H groups in total. The third-order valence-corrected chi connectivity index (χ3v) is 3.35. The summed E-state index contributed by atoms with van der Waals surface area (Å²) in [4.78, 5) is 21.0. The third kappa shape index (κ3) is 2.27. The molecule has 3 rings (SSSR count). The Hall–Kier alpha value is -2.69. The molecule has 0 aliphatic carbocycles. The molecule has 0 saturated carbocycles. The first-order valence-electron chi connectivity index (χ1n) is 6.76. The van der Waals surface area contributed by atoms with Gasteiger partial charge in [0.25, 0.3) is 0 Å². The first kappa shape index (κ1) is 13.3. The van der Waals surface area contributed by atoms with Crippen LogP contribution in [0.2, 0.25) is 0 Å². The van der Waals surface area contributed by atoms with Crippen LogP contribution in [0.3, 0.4) is 0 Å². The van der Waals surface area contributed by atoms with E-state index in [4.69, 9.17) is 4.74 Å². The standard InChI is InChI=1S/C16H15N3O2/c1-3-13-12-9-10-14(21-2)18-15(12)19(16(20)17-13)11-7-5-4-6-8-11/h4-10H,3H2,1-2H3. The fraction of sp³-hybridized carbons (Fsp3) is 0.188. The van der Waals surface area contributed by atoms with Crippen LogP contribution in [0.15, 0.2) is 47.3 Å². The highest BCUT2D eigenvalue weighted by Crippen LogP contribution is 2.20. The molecule has 0 saturated heterocycles. The molecule has 5 nitrogen and oxygen atoms in total. The van der Waals surface area contributed by atoms with Crippen molar-refractivity contribution in [1.29, 1.82) is 0 Å². The minimum absolute atomic E-state index is 0.327. The molecule has 2 heterocycles. The van der Waals surface area contributed by atoms with Crippen molar-refractivity contribution in [2.75, 3.05) is 7.11 Å². The van der Waals surface area contributed by atoms with Crippen LogP contribution in [0, 0.1) is 0 Å². The van der Waals surface area contributed by atoms with Gasteiger partial charge in [0.1, 0.15) is 0 Å². The molecule has 0 aliphatic rings. The monoisotopic (exact) mass is 281 g/mol. The molecule has 106 valence electrons. The van der Waals surface area contributed by atoms with Crippen LogP contribution < -0.4 is 10.4 Å². The molecule has 0 bridgehead atoms. The van der Waals surface area contributed by atoms with Crippen molar-refractivity contribution in [2.45, 2.75) is 13.3 Å². The molecule has 1 aromatic carbocycles. The zero-order chi connectivity index (χ0) is 14.8. The van der Waals surface area contributed by atoms with E-state index < -0.39 is 0 Å². The fourth-order valence-electron chi connectivity index (χ4n) is 2.34. The first-order valence-corrected chi connectivity index (χ1v) is 6.76. The minimum Gasteiger partial charge on any atom is -0.481 e. The Kier molecular flexibility index (Phi) is 3.39. The summed E-state index contributed by atoms with van der Waals surface area (Å²) in [6, 6.07) is 13.0. The number of benzene rings is 1. The third-order valence-electron chi connectivity index (χ3n) is 3.35. The van der Waals surface area contributed by atoms with Crippen molar-refractivity contribution >= 4 is 11.0 Å². The van der Waals surface area contributed by atoms with Gasteiger partial charge in [0.15, 0.2) is 5.65 Å². The second-order valence-electron chi connectivity index (χ2n) is 4.59. The van der Waals surface area contributed by atoms with Gasteiger partial charge in [-0.05, 0) is 24.6 Å². The van der Waals surface area contributed by atoms with E-state index in [-0.39, 0.29) is 5.69 Å². The van der Waals surface area contributed by atoms with Gasteiger partial charge in [-0.1, -0.05) is 25.1 Å². The van der Waals surface area contributed by atoms with E-state index in [2.05, 4.69) is 9.97 Å². The summed E-state index contributed by atoms with van der Waals surface area (Å²) >= 11 is 0. The molecule has 5 heteroatoms. The topological polar surface area (TPSA) is 57.0 Å². The highest BCUT2D eigenvalue weighted by molar-refractivity contribution is 5.79. The summed E-state index contributed by atoms with van der Waals surface area (Å²) in [6.45, 7) is 1.97. The first-order chi connectivity index (χ1) is 10.2. The summed E-state index contributed by atoms with van der Waals surface area (Å²) in [5, 5.41) is 0.863. The largest absolute Gasteiger partial charge is 0.481 e. The van der Waals surface area contributed by atoms with Crippen molar-refractivity contribution in [3.63, 3.8) is 0 Å². The number of rotatable bonds is 3. The quantitative estimate of drug-likeness (QED) is 0.739. The Morgan fingerprint density at radius 3 is 2.52 bits per heavy atom. The molecular formula is C16H15N3O2. The number of para-hydroxylation sites is 1. The Labute approximate surface area is 121 Å². The lowest BCUT2D eigenvalue weighted by atomic mass is 10.2. The molecular weight excluding hydrogens is 266 g/mol. The van der Waals surface area contributed by atoms with Crippen molar-refractivity contribution in [3.05, 3.63) is 58.6 Å². The summed E-state index contributed by atoms with van der Waals surface area (Å²) < 4.78 is 6.69. The summed E-state index contributed by atoms with van der Waals surface area (Å²) in [6.07, 6.45) is 0.676. The van der Waals surface area contributed by atoms with Gasteiger partial charge in [-0.2, -0.15) is 9.97 Å². The van der Waals surface area contributed by atoms with E-state index in [1.807, 2.05) is 43.3 Å². The normalized spacial score (nSPS) is 10.8. The van der Waals surface area contributed by atoms with E-state index >= 15 is 0 Å². The lowest BCUT2D eigenvalue weighted by Gasteiger charge is -2.12. The SMILES string of the molecule is CCc1nc(=O)n(-c2ccccc2)c2nc(OC)ccc12. The van der Waals surface area contributed by atoms with E-state index in [1.54, 1.807) is 13.2 Å². The van der Waals surface area contributed by atoms with E-state index in [0.29, 0.717) is 17.9 Å². The lowest BCUT2D eigenvalue weighted by molar-refractivity contribution is 0.399. The maximum absolute atomic E-state index is 12.4. The number of aryl methyl sites for hydroxylation is 1. The second kappa shape index (κ2) is 5.36. The van der Waals surface area contributed by atoms with Crippen LogP contribution in [-0.2, 0) is 6.42 Å². The van der Waals surface area contributed by atoms with Gasteiger partial charge in [-0.3, -0.25) is 0 Å². The summed E-state index contributed by atoms with van der Waals surface area (Å²) in [5.41, 5.74) is 1.73. The molecule has 0 fully saturated rings. The van der Waals surface area contributed by atoms with Crippen molar-refractivity contribution in [1.82, 2.24) is 14.5 Å². The molecule has 0 aliphatic heterocycles. The van der Waals surface area contributed by atoms with Crippen molar-refractivity contribution in [2.24, 2.45) is 0 Å². The van der Waals surface area contributed by atoms with Crippen LogP contribution in [0.4, 0.5) is 0 Å². The number of methoxy groups -OCH3 is 1. The van der Waals surface area contributed by atoms with Gasteiger partial charge in [0.2, 0.25) is 5.88 Å². The van der Waals surface area contributed by atoms with E-state index in [1.165, 1.54) is 4.57 Å². The summed E-state index contributed by atoms with van der Waals surface area (Å²) in [7, 11) is 1.56. The molecule has 0 amide bonds. The average Bonchev–Trinajstić information content (AvgIpc) is 2.54. The van der Waals surface area contributed by atoms with Crippen LogP contribution in [0.5, 0.6) is 5.88 Å². The van der Waals surface area contributed by atoms with Crippen LogP contribution in [0.1, 0.15) is 12.6 Å². The molecule has 0 spiro atoms. The van der Waals surface area contributed by atoms with Gasteiger partial charge < -0.3 is 4.74 Å². The van der Waals surface area contributed by atoms with Crippen LogP contribution in [0.25, 0.3) is 16.7 Å². The number of hydrogen-bond acceptors (Lipinski definition) is 4. The zero-order valence-electron chi connectivity index (χ0n) is 11.9. The molecule has 21 heavy (non-hydrogen) atoms.